The molecule has 2 aliphatic rings. The number of carboxylic acid groups (broad SMARTS) is 1. The maximum absolute atomic E-state index is 12.8. The van der Waals surface area contributed by atoms with Crippen molar-refractivity contribution in [3.8, 4) is 11.1 Å². The summed E-state index contributed by atoms with van der Waals surface area (Å²) in [6, 6.07) is 15.2. The van der Waals surface area contributed by atoms with Crippen LogP contribution in [0, 0.1) is 11.3 Å². The number of carbonyl (C=O) groups excluding carboxylic acids is 2. The van der Waals surface area contributed by atoms with Crippen molar-refractivity contribution in [1.82, 2.24) is 10.6 Å². The van der Waals surface area contributed by atoms with Crippen molar-refractivity contribution in [3.05, 3.63) is 59.7 Å². The van der Waals surface area contributed by atoms with Gasteiger partial charge in [0.05, 0.1) is 0 Å². The van der Waals surface area contributed by atoms with E-state index < -0.39 is 35.5 Å². The molecule has 2 amide bonds. The molecule has 3 atom stereocenters. The number of benzene rings is 2. The Morgan fingerprint density at radius 2 is 1.66 bits per heavy atom. The number of ether oxygens (including phenoxy) is 2. The highest BCUT2D eigenvalue weighted by atomic mass is 16.5. The lowest BCUT2D eigenvalue weighted by Gasteiger charge is -2.29. The van der Waals surface area contributed by atoms with Crippen molar-refractivity contribution in [1.29, 1.82) is 0 Å². The Bertz CT molecular complexity index is 1060. The number of rotatable bonds is 7. The molecule has 35 heavy (non-hydrogen) atoms. The van der Waals surface area contributed by atoms with E-state index in [4.69, 9.17) is 9.47 Å². The zero-order valence-electron chi connectivity index (χ0n) is 20.2. The van der Waals surface area contributed by atoms with E-state index in [9.17, 15) is 19.5 Å². The van der Waals surface area contributed by atoms with Crippen LogP contribution in [0.25, 0.3) is 11.1 Å². The number of amides is 2. The van der Waals surface area contributed by atoms with Crippen LogP contribution in [0.15, 0.2) is 48.5 Å². The minimum atomic E-state index is -1.10. The highest BCUT2D eigenvalue weighted by Crippen LogP contribution is 2.44. The molecule has 3 unspecified atom stereocenters. The molecule has 2 aromatic rings. The van der Waals surface area contributed by atoms with Gasteiger partial charge in [-0.3, -0.25) is 4.79 Å². The summed E-state index contributed by atoms with van der Waals surface area (Å²) in [5.41, 5.74) is 3.92. The van der Waals surface area contributed by atoms with Crippen molar-refractivity contribution in [2.75, 3.05) is 19.8 Å². The molecule has 4 rings (SSSR count). The van der Waals surface area contributed by atoms with Gasteiger partial charge in [0.2, 0.25) is 5.91 Å². The van der Waals surface area contributed by atoms with Crippen molar-refractivity contribution in [3.63, 3.8) is 0 Å². The van der Waals surface area contributed by atoms with Crippen LogP contribution in [0.2, 0.25) is 0 Å². The second-order valence-electron chi connectivity index (χ2n) is 10.2. The molecule has 1 aliphatic heterocycles. The van der Waals surface area contributed by atoms with E-state index >= 15 is 0 Å². The second-order valence-corrected chi connectivity index (χ2v) is 10.2. The molecule has 1 saturated heterocycles. The molecule has 0 radical (unpaired) electrons. The molecule has 0 aromatic heterocycles. The normalized spacial score (nSPS) is 20.0. The molecule has 1 aliphatic carbocycles. The summed E-state index contributed by atoms with van der Waals surface area (Å²) in [7, 11) is 0. The Labute approximate surface area is 205 Å². The first-order chi connectivity index (χ1) is 16.7. The van der Waals surface area contributed by atoms with E-state index in [1.165, 1.54) is 0 Å². The Morgan fingerprint density at radius 1 is 1.06 bits per heavy atom. The minimum absolute atomic E-state index is 0.0353. The van der Waals surface area contributed by atoms with Gasteiger partial charge in [0.25, 0.3) is 0 Å². The quantitative estimate of drug-likeness (QED) is 0.559. The SMILES string of the molecule is CC(C)(C)C(NC(=O)C1OCCC1CNC(=O)OCC1c2ccccc2-c2ccccc21)C(=O)O. The molecule has 1 fully saturated rings. The summed E-state index contributed by atoms with van der Waals surface area (Å²) in [4.78, 5) is 36.9. The van der Waals surface area contributed by atoms with E-state index in [1.54, 1.807) is 20.8 Å². The van der Waals surface area contributed by atoms with Gasteiger partial charge in [0, 0.05) is 25.0 Å². The van der Waals surface area contributed by atoms with Crippen molar-refractivity contribution >= 4 is 18.0 Å². The number of carboxylic acids is 1. The van der Waals surface area contributed by atoms with Gasteiger partial charge < -0.3 is 25.2 Å². The van der Waals surface area contributed by atoms with Crippen LogP contribution in [-0.4, -0.2) is 55.0 Å². The topological polar surface area (TPSA) is 114 Å². The lowest BCUT2D eigenvalue weighted by Crippen LogP contribution is -2.53. The van der Waals surface area contributed by atoms with Gasteiger partial charge in [-0.05, 0) is 34.1 Å². The number of alkyl carbamates (subject to hydrolysis) is 1. The Morgan fingerprint density at radius 3 is 2.23 bits per heavy atom. The highest BCUT2D eigenvalue weighted by molar-refractivity contribution is 5.87. The first-order valence-electron chi connectivity index (χ1n) is 11.9. The third-order valence-corrected chi connectivity index (χ3v) is 6.72. The second kappa shape index (κ2) is 10.1. The summed E-state index contributed by atoms with van der Waals surface area (Å²) in [6.45, 7) is 6.01. The smallest absolute Gasteiger partial charge is 0.407 e. The number of hydrogen-bond donors (Lipinski definition) is 3. The van der Waals surface area contributed by atoms with E-state index in [0.29, 0.717) is 13.0 Å². The van der Waals surface area contributed by atoms with Crippen LogP contribution in [-0.2, 0) is 19.1 Å². The van der Waals surface area contributed by atoms with Crippen LogP contribution in [0.5, 0.6) is 0 Å². The van der Waals surface area contributed by atoms with Crippen molar-refractivity contribution < 1.29 is 29.0 Å². The Kier molecular flexibility index (Phi) is 7.12. The molecular formula is C27H32N2O6. The van der Waals surface area contributed by atoms with Gasteiger partial charge in [0.15, 0.2) is 0 Å². The molecule has 1 heterocycles. The number of nitrogens with one attached hydrogen (secondary N) is 2. The fourth-order valence-corrected chi connectivity index (χ4v) is 4.87. The van der Waals surface area contributed by atoms with Gasteiger partial charge in [-0.1, -0.05) is 69.3 Å². The number of fused-ring (bicyclic) bond motifs is 3. The number of carbonyl (C=O) groups is 3. The summed E-state index contributed by atoms with van der Waals surface area (Å²) in [5.74, 6) is -1.89. The fourth-order valence-electron chi connectivity index (χ4n) is 4.87. The Hall–Kier alpha value is -3.39. The largest absolute Gasteiger partial charge is 0.480 e. The lowest BCUT2D eigenvalue weighted by atomic mass is 9.86. The molecule has 8 heteroatoms. The molecule has 8 nitrogen and oxygen atoms in total. The predicted molar refractivity (Wildman–Crippen MR) is 130 cm³/mol. The molecule has 186 valence electrons. The van der Waals surface area contributed by atoms with Crippen LogP contribution < -0.4 is 10.6 Å². The van der Waals surface area contributed by atoms with Gasteiger partial charge in [-0.15, -0.1) is 0 Å². The van der Waals surface area contributed by atoms with Crippen LogP contribution >= 0.6 is 0 Å². The van der Waals surface area contributed by atoms with Crippen molar-refractivity contribution in [2.45, 2.75) is 45.3 Å². The first-order valence-corrected chi connectivity index (χ1v) is 11.9. The monoisotopic (exact) mass is 480 g/mol. The summed E-state index contributed by atoms with van der Waals surface area (Å²) >= 11 is 0. The zero-order valence-corrected chi connectivity index (χ0v) is 20.2. The fraction of sp³-hybridized carbons (Fsp3) is 0.444. The van der Waals surface area contributed by atoms with E-state index in [1.807, 2.05) is 24.3 Å². The molecular weight excluding hydrogens is 448 g/mol. The van der Waals surface area contributed by atoms with Gasteiger partial charge in [-0.2, -0.15) is 0 Å². The van der Waals surface area contributed by atoms with E-state index in [0.717, 1.165) is 22.3 Å². The summed E-state index contributed by atoms with van der Waals surface area (Å²) < 4.78 is 11.1. The minimum Gasteiger partial charge on any atom is -0.480 e. The van der Waals surface area contributed by atoms with Crippen LogP contribution in [0.1, 0.15) is 44.2 Å². The number of aliphatic carboxylic acids is 1. The number of hydrogen-bond acceptors (Lipinski definition) is 5. The molecule has 0 spiro atoms. The van der Waals surface area contributed by atoms with Crippen LogP contribution in [0.3, 0.4) is 0 Å². The molecule has 3 N–H and O–H groups in total. The maximum Gasteiger partial charge on any atom is 0.407 e. The zero-order chi connectivity index (χ0) is 25.2. The van der Waals surface area contributed by atoms with Crippen LogP contribution in [0.4, 0.5) is 4.79 Å². The molecule has 0 bridgehead atoms. The molecule has 2 aromatic carbocycles. The molecule has 0 saturated carbocycles. The average molecular weight is 481 g/mol. The maximum atomic E-state index is 12.8. The highest BCUT2D eigenvalue weighted by Gasteiger charge is 2.39. The van der Waals surface area contributed by atoms with E-state index in [2.05, 4.69) is 34.9 Å². The average Bonchev–Trinajstić information content (AvgIpc) is 3.41. The van der Waals surface area contributed by atoms with E-state index in [-0.39, 0.29) is 25.0 Å². The van der Waals surface area contributed by atoms with Gasteiger partial charge >= 0.3 is 12.1 Å². The summed E-state index contributed by atoms with van der Waals surface area (Å²) in [6.07, 6.45) is -0.807. The van der Waals surface area contributed by atoms with Crippen molar-refractivity contribution in [2.24, 2.45) is 11.3 Å². The van der Waals surface area contributed by atoms with Gasteiger partial charge in [-0.25, -0.2) is 9.59 Å². The first kappa shape index (κ1) is 24.7. The Balaban J connectivity index is 1.32. The van der Waals surface area contributed by atoms with Gasteiger partial charge in [0.1, 0.15) is 18.8 Å². The third kappa shape index (κ3) is 5.32. The summed E-state index contributed by atoms with van der Waals surface area (Å²) in [5, 5.41) is 14.8. The lowest BCUT2D eigenvalue weighted by molar-refractivity contribution is -0.147. The third-order valence-electron chi connectivity index (χ3n) is 6.72. The predicted octanol–water partition coefficient (Wildman–Crippen LogP) is 3.55. The standard InChI is InChI=1S/C27H32N2O6/c1-27(2,3)23(25(31)32)29-24(30)22-16(12-13-34-22)14-28-26(33)35-15-21-19-10-6-4-8-17(19)18-9-5-7-11-20(18)21/h4-11,16,21-23H,12-15H2,1-3H3,(H,28,33)(H,29,30)(H,31,32).